The molecule has 0 spiro atoms. The second-order valence-corrected chi connectivity index (χ2v) is 6.19. The first-order valence-corrected chi connectivity index (χ1v) is 7.97. The Labute approximate surface area is 130 Å². The Morgan fingerprint density at radius 3 is 2.64 bits per heavy atom. The van der Waals surface area contributed by atoms with E-state index in [1.807, 2.05) is 13.8 Å². The Morgan fingerprint density at radius 1 is 1.23 bits per heavy atom. The van der Waals surface area contributed by atoms with Gasteiger partial charge in [-0.25, -0.2) is 0 Å². The predicted molar refractivity (Wildman–Crippen MR) is 82.1 cm³/mol. The number of anilines is 1. The van der Waals surface area contributed by atoms with Crippen molar-refractivity contribution in [3.05, 3.63) is 17.2 Å². The van der Waals surface area contributed by atoms with Gasteiger partial charge in [-0.3, -0.25) is 0 Å². The zero-order valence-electron chi connectivity index (χ0n) is 13.2. The molecular weight excluding hydrogens is 284 g/mol. The van der Waals surface area contributed by atoms with Crippen molar-refractivity contribution in [3.8, 4) is 5.88 Å². The van der Waals surface area contributed by atoms with Crippen LogP contribution in [0.4, 0.5) is 5.82 Å². The molecule has 22 heavy (non-hydrogen) atoms. The molecule has 1 fully saturated rings. The van der Waals surface area contributed by atoms with Crippen LogP contribution < -0.4 is 9.64 Å². The third kappa shape index (κ3) is 3.19. The summed E-state index contributed by atoms with van der Waals surface area (Å²) in [4.78, 5) is 6.76. The van der Waals surface area contributed by atoms with Crippen molar-refractivity contribution < 1.29 is 19.7 Å². The monoisotopic (exact) mass is 308 g/mol. The summed E-state index contributed by atoms with van der Waals surface area (Å²) < 4.78 is 11.5. The maximum absolute atomic E-state index is 9.73. The summed E-state index contributed by atoms with van der Waals surface area (Å²) in [7, 11) is 0. The van der Waals surface area contributed by atoms with Crippen LogP contribution in [0.2, 0.25) is 0 Å². The van der Waals surface area contributed by atoms with E-state index < -0.39 is 6.29 Å². The Hall–Kier alpha value is -1.37. The van der Waals surface area contributed by atoms with Crippen LogP contribution in [-0.2, 0) is 11.2 Å². The number of nitrogens with zero attached hydrogens (tertiary/aromatic N) is 2. The molecule has 3 heterocycles. The minimum Gasteiger partial charge on any atom is -0.477 e. The number of aliphatic hydroxyl groups excluding tert-OH is 1. The number of hydrogen-bond acceptors (Lipinski definition) is 6. The fourth-order valence-electron chi connectivity index (χ4n) is 3.25. The van der Waals surface area contributed by atoms with E-state index >= 15 is 0 Å². The lowest BCUT2D eigenvalue weighted by Crippen LogP contribution is -2.46. The second kappa shape index (κ2) is 6.40. The Bertz CT molecular complexity index is 525. The topological polar surface area (TPSA) is 75.1 Å². The van der Waals surface area contributed by atoms with Crippen LogP contribution in [-0.4, -0.2) is 47.1 Å². The van der Waals surface area contributed by atoms with Crippen LogP contribution in [0.15, 0.2) is 6.07 Å². The first kappa shape index (κ1) is 15.5. The number of aromatic nitrogens is 1. The minimum absolute atomic E-state index is 0.118. The van der Waals surface area contributed by atoms with Crippen LogP contribution >= 0.6 is 0 Å². The van der Waals surface area contributed by atoms with E-state index in [1.54, 1.807) is 6.07 Å². The lowest BCUT2D eigenvalue weighted by Gasteiger charge is -2.36. The molecule has 6 nitrogen and oxygen atoms in total. The van der Waals surface area contributed by atoms with Gasteiger partial charge >= 0.3 is 0 Å². The van der Waals surface area contributed by atoms with Gasteiger partial charge in [0.05, 0.1) is 18.8 Å². The number of morpholine rings is 1. The Kier molecular flexibility index (Phi) is 4.52. The standard InChI is InChI=1S/C16H24N2O4/c1-10-8-18(9-11(2)22-10)14-7-13(16(19)20)12-5-3-4-6-21-15(12)17-14/h7,10-11,16,19-20H,3-6,8-9H2,1-2H3/t10-,11+. The van der Waals surface area contributed by atoms with Crippen molar-refractivity contribution in [2.75, 3.05) is 24.6 Å². The van der Waals surface area contributed by atoms with Gasteiger partial charge in [0.25, 0.3) is 0 Å². The van der Waals surface area contributed by atoms with E-state index in [2.05, 4.69) is 9.88 Å². The molecule has 0 aliphatic carbocycles. The van der Waals surface area contributed by atoms with Gasteiger partial charge in [0.2, 0.25) is 5.88 Å². The molecule has 2 N–H and O–H groups in total. The Morgan fingerprint density at radius 2 is 1.95 bits per heavy atom. The van der Waals surface area contributed by atoms with Crippen molar-refractivity contribution >= 4 is 5.82 Å². The average molecular weight is 308 g/mol. The number of ether oxygens (including phenoxy) is 2. The van der Waals surface area contributed by atoms with Gasteiger partial charge in [-0.1, -0.05) is 0 Å². The normalized spacial score (nSPS) is 25.6. The Balaban J connectivity index is 1.98. The van der Waals surface area contributed by atoms with E-state index in [0.29, 0.717) is 18.1 Å². The van der Waals surface area contributed by atoms with Crippen molar-refractivity contribution in [3.63, 3.8) is 0 Å². The van der Waals surface area contributed by atoms with E-state index in [0.717, 1.165) is 43.7 Å². The van der Waals surface area contributed by atoms with Crippen molar-refractivity contribution in [1.82, 2.24) is 4.98 Å². The summed E-state index contributed by atoms with van der Waals surface area (Å²) in [5, 5.41) is 19.5. The fourth-order valence-corrected chi connectivity index (χ4v) is 3.25. The quantitative estimate of drug-likeness (QED) is 0.804. The van der Waals surface area contributed by atoms with Gasteiger partial charge in [-0.15, -0.1) is 0 Å². The van der Waals surface area contributed by atoms with E-state index in [4.69, 9.17) is 9.47 Å². The minimum atomic E-state index is -1.51. The van der Waals surface area contributed by atoms with E-state index in [9.17, 15) is 10.2 Å². The zero-order chi connectivity index (χ0) is 15.7. The highest BCUT2D eigenvalue weighted by Gasteiger charge is 2.26. The first-order valence-electron chi connectivity index (χ1n) is 7.97. The SMILES string of the molecule is C[C@@H]1CN(c2cc(C(O)O)c3c(n2)OCCCC3)C[C@H](C)O1. The summed E-state index contributed by atoms with van der Waals surface area (Å²) in [5.41, 5.74) is 1.33. The third-order valence-corrected chi connectivity index (χ3v) is 4.19. The summed E-state index contributed by atoms with van der Waals surface area (Å²) in [6.07, 6.45) is 1.43. The van der Waals surface area contributed by atoms with Crippen LogP contribution in [0.1, 0.15) is 44.1 Å². The highest BCUT2D eigenvalue weighted by molar-refractivity contribution is 5.50. The summed E-state index contributed by atoms with van der Waals surface area (Å²) >= 11 is 0. The molecule has 2 atom stereocenters. The molecule has 122 valence electrons. The van der Waals surface area contributed by atoms with E-state index in [-0.39, 0.29) is 12.2 Å². The summed E-state index contributed by atoms with van der Waals surface area (Å²) in [6, 6.07) is 1.78. The average Bonchev–Trinajstić information content (AvgIpc) is 2.70. The summed E-state index contributed by atoms with van der Waals surface area (Å²) in [6.45, 7) is 6.16. The van der Waals surface area contributed by atoms with Gasteiger partial charge < -0.3 is 24.6 Å². The van der Waals surface area contributed by atoms with Crippen LogP contribution in [0, 0.1) is 0 Å². The number of aliphatic hydroxyl groups is 2. The van der Waals surface area contributed by atoms with Gasteiger partial charge in [0, 0.05) is 24.2 Å². The molecule has 0 saturated carbocycles. The molecule has 3 rings (SSSR count). The molecule has 0 amide bonds. The van der Waals surface area contributed by atoms with Crippen molar-refractivity contribution in [2.45, 2.75) is 51.6 Å². The van der Waals surface area contributed by atoms with Crippen LogP contribution in [0.5, 0.6) is 5.88 Å². The zero-order valence-corrected chi connectivity index (χ0v) is 13.2. The highest BCUT2D eigenvalue weighted by Crippen LogP contribution is 2.33. The van der Waals surface area contributed by atoms with Gasteiger partial charge in [0.15, 0.2) is 6.29 Å². The fraction of sp³-hybridized carbons (Fsp3) is 0.688. The molecule has 1 saturated heterocycles. The van der Waals surface area contributed by atoms with Gasteiger partial charge in [-0.05, 0) is 39.2 Å². The summed E-state index contributed by atoms with van der Waals surface area (Å²) in [5.74, 6) is 1.27. The maximum atomic E-state index is 9.73. The maximum Gasteiger partial charge on any atom is 0.218 e. The second-order valence-electron chi connectivity index (χ2n) is 6.19. The third-order valence-electron chi connectivity index (χ3n) is 4.19. The molecule has 0 bridgehead atoms. The molecule has 1 aromatic rings. The molecule has 0 unspecified atom stereocenters. The lowest BCUT2D eigenvalue weighted by molar-refractivity contribution is -0.0433. The molecule has 2 aliphatic heterocycles. The number of rotatable bonds is 2. The largest absolute Gasteiger partial charge is 0.477 e. The smallest absolute Gasteiger partial charge is 0.218 e. The van der Waals surface area contributed by atoms with E-state index in [1.165, 1.54) is 0 Å². The number of hydrogen-bond donors (Lipinski definition) is 2. The molecule has 0 aromatic carbocycles. The predicted octanol–water partition coefficient (Wildman–Crippen LogP) is 1.39. The van der Waals surface area contributed by atoms with Crippen molar-refractivity contribution in [2.24, 2.45) is 0 Å². The first-order chi connectivity index (χ1) is 10.5. The number of pyridine rings is 1. The highest BCUT2D eigenvalue weighted by atomic mass is 16.5. The number of fused-ring (bicyclic) bond motifs is 1. The van der Waals surface area contributed by atoms with Crippen LogP contribution in [0.25, 0.3) is 0 Å². The van der Waals surface area contributed by atoms with Gasteiger partial charge in [-0.2, -0.15) is 4.98 Å². The lowest BCUT2D eigenvalue weighted by atomic mass is 10.0. The molecular formula is C16H24N2O4. The molecule has 2 aliphatic rings. The van der Waals surface area contributed by atoms with Gasteiger partial charge in [0.1, 0.15) is 5.82 Å². The molecule has 1 aromatic heterocycles. The van der Waals surface area contributed by atoms with Crippen LogP contribution in [0.3, 0.4) is 0 Å². The van der Waals surface area contributed by atoms with Crippen molar-refractivity contribution in [1.29, 1.82) is 0 Å². The molecule has 6 heteroatoms. The molecule has 0 radical (unpaired) electrons.